The molecule has 2 aromatic carbocycles. The number of hydrogen-bond acceptors (Lipinski definition) is 2. The molecule has 0 saturated heterocycles. The molecule has 0 N–H and O–H groups in total. The van der Waals surface area contributed by atoms with Gasteiger partial charge in [-0.3, -0.25) is 9.78 Å². The third-order valence-corrected chi connectivity index (χ3v) is 3.31. The number of pyridine rings is 1. The Bertz CT molecular complexity index is 806. The van der Waals surface area contributed by atoms with Crippen molar-refractivity contribution in [1.82, 2.24) is 4.98 Å². The van der Waals surface area contributed by atoms with E-state index in [1.807, 2.05) is 12.1 Å². The van der Waals surface area contributed by atoms with Crippen molar-refractivity contribution in [3.63, 3.8) is 0 Å². The predicted octanol–water partition coefficient (Wildman–Crippen LogP) is 3.91. The van der Waals surface area contributed by atoms with Crippen molar-refractivity contribution >= 4 is 16.7 Å². The zero-order valence-corrected chi connectivity index (χ0v) is 10.9. The summed E-state index contributed by atoms with van der Waals surface area (Å²) in [5, 5.41) is 0.807. The highest BCUT2D eigenvalue weighted by atomic mass is 19.1. The highest BCUT2D eigenvalue weighted by molar-refractivity contribution is 6.16. The monoisotopic (exact) mass is 265 g/mol. The molecule has 0 aliphatic rings. The van der Waals surface area contributed by atoms with Crippen LogP contribution in [-0.4, -0.2) is 10.8 Å². The molecule has 0 radical (unpaired) electrons. The lowest BCUT2D eigenvalue weighted by molar-refractivity contribution is 0.104. The highest BCUT2D eigenvalue weighted by Crippen LogP contribution is 2.21. The summed E-state index contributed by atoms with van der Waals surface area (Å²) in [6, 6.07) is 13.5. The second kappa shape index (κ2) is 4.85. The molecule has 0 aliphatic heterocycles. The molecule has 0 atom stereocenters. The molecule has 98 valence electrons. The Kier molecular flexibility index (Phi) is 3.03. The highest BCUT2D eigenvalue weighted by Gasteiger charge is 2.13. The van der Waals surface area contributed by atoms with Gasteiger partial charge in [-0.05, 0) is 42.8 Å². The zero-order valence-electron chi connectivity index (χ0n) is 10.9. The minimum atomic E-state index is -0.305. The fraction of sp³-hybridized carbons (Fsp3) is 0.0588. The van der Waals surface area contributed by atoms with E-state index in [1.165, 1.54) is 12.1 Å². The first-order valence-electron chi connectivity index (χ1n) is 6.31. The summed E-state index contributed by atoms with van der Waals surface area (Å²) in [5.41, 5.74) is 2.31. The number of rotatable bonds is 2. The second-order valence-corrected chi connectivity index (χ2v) is 4.67. The molecule has 0 unspecified atom stereocenters. The van der Waals surface area contributed by atoms with E-state index in [1.54, 1.807) is 37.4 Å². The van der Waals surface area contributed by atoms with Gasteiger partial charge < -0.3 is 0 Å². The van der Waals surface area contributed by atoms with Crippen molar-refractivity contribution in [3.05, 3.63) is 77.2 Å². The Morgan fingerprint density at radius 3 is 2.75 bits per heavy atom. The minimum absolute atomic E-state index is 0.119. The lowest BCUT2D eigenvalue weighted by atomic mass is 9.98. The number of aromatic nitrogens is 1. The molecule has 0 amide bonds. The zero-order chi connectivity index (χ0) is 14.1. The number of nitrogens with zero attached hydrogens (tertiary/aromatic N) is 1. The Labute approximate surface area is 115 Å². The predicted molar refractivity (Wildman–Crippen MR) is 76.3 cm³/mol. The van der Waals surface area contributed by atoms with Crippen molar-refractivity contribution < 1.29 is 9.18 Å². The summed E-state index contributed by atoms with van der Waals surface area (Å²) in [6.45, 7) is 1.65. The normalized spacial score (nSPS) is 10.7. The van der Waals surface area contributed by atoms with Crippen LogP contribution in [0.1, 0.15) is 21.5 Å². The van der Waals surface area contributed by atoms with Gasteiger partial charge in [-0.25, -0.2) is 4.39 Å². The van der Waals surface area contributed by atoms with Gasteiger partial charge in [0, 0.05) is 22.7 Å². The minimum Gasteiger partial charge on any atom is -0.289 e. The Morgan fingerprint density at radius 2 is 1.95 bits per heavy atom. The number of carbonyl (C=O) groups is 1. The first kappa shape index (κ1) is 12.5. The maximum Gasteiger partial charge on any atom is 0.193 e. The summed E-state index contributed by atoms with van der Waals surface area (Å²) < 4.78 is 13.3. The third-order valence-electron chi connectivity index (χ3n) is 3.31. The lowest BCUT2D eigenvalue weighted by Gasteiger charge is -2.06. The number of halogens is 1. The molecule has 0 spiro atoms. The number of aryl methyl sites for hydroxylation is 1. The maximum absolute atomic E-state index is 13.3. The van der Waals surface area contributed by atoms with Crippen LogP contribution in [0.5, 0.6) is 0 Å². The lowest BCUT2D eigenvalue weighted by Crippen LogP contribution is -2.03. The van der Waals surface area contributed by atoms with E-state index in [0.717, 1.165) is 10.9 Å². The Hall–Kier alpha value is -2.55. The van der Waals surface area contributed by atoms with Crippen molar-refractivity contribution in [2.24, 2.45) is 0 Å². The molecule has 0 saturated carbocycles. The van der Waals surface area contributed by atoms with Gasteiger partial charge in [0.15, 0.2) is 5.78 Å². The van der Waals surface area contributed by atoms with Gasteiger partial charge in [-0.15, -0.1) is 0 Å². The van der Waals surface area contributed by atoms with Crippen LogP contribution in [0, 0.1) is 12.7 Å². The van der Waals surface area contributed by atoms with E-state index >= 15 is 0 Å². The smallest absolute Gasteiger partial charge is 0.193 e. The second-order valence-electron chi connectivity index (χ2n) is 4.67. The Morgan fingerprint density at radius 1 is 1.10 bits per heavy atom. The molecular weight excluding hydrogens is 253 g/mol. The first-order chi connectivity index (χ1) is 9.66. The number of benzene rings is 2. The SMILES string of the molecule is Cc1cc(C(=O)c2cccc3ncccc23)ccc1F. The van der Waals surface area contributed by atoms with Crippen LogP contribution in [0.4, 0.5) is 4.39 Å². The molecule has 1 heterocycles. The van der Waals surface area contributed by atoms with Gasteiger partial charge in [0.2, 0.25) is 0 Å². The van der Waals surface area contributed by atoms with Crippen LogP contribution < -0.4 is 0 Å². The van der Waals surface area contributed by atoms with Crippen LogP contribution in [-0.2, 0) is 0 Å². The number of ketones is 1. The van der Waals surface area contributed by atoms with Crippen molar-refractivity contribution in [2.45, 2.75) is 6.92 Å². The quantitative estimate of drug-likeness (QED) is 0.657. The summed E-state index contributed by atoms with van der Waals surface area (Å²) in [7, 11) is 0. The fourth-order valence-electron chi connectivity index (χ4n) is 2.24. The van der Waals surface area contributed by atoms with Gasteiger partial charge in [-0.2, -0.15) is 0 Å². The molecule has 20 heavy (non-hydrogen) atoms. The Balaban J connectivity index is 2.15. The average molecular weight is 265 g/mol. The number of hydrogen-bond donors (Lipinski definition) is 0. The van der Waals surface area contributed by atoms with E-state index in [4.69, 9.17) is 0 Å². The van der Waals surface area contributed by atoms with E-state index in [-0.39, 0.29) is 11.6 Å². The molecule has 0 bridgehead atoms. The molecule has 3 heteroatoms. The molecule has 1 aromatic heterocycles. The van der Waals surface area contributed by atoms with Crippen LogP contribution in [0.2, 0.25) is 0 Å². The largest absolute Gasteiger partial charge is 0.289 e. The van der Waals surface area contributed by atoms with E-state index < -0.39 is 0 Å². The first-order valence-corrected chi connectivity index (χ1v) is 6.31. The molecule has 3 rings (SSSR count). The van der Waals surface area contributed by atoms with Crippen LogP contribution in [0.3, 0.4) is 0 Å². The summed E-state index contributed by atoms with van der Waals surface area (Å²) in [4.78, 5) is 16.8. The standard InChI is InChI=1S/C17H12FNO/c1-11-10-12(7-8-15(11)18)17(20)14-4-2-6-16-13(14)5-3-9-19-16/h2-10H,1H3. The van der Waals surface area contributed by atoms with Crippen molar-refractivity contribution in [1.29, 1.82) is 0 Å². The van der Waals surface area contributed by atoms with Gasteiger partial charge in [-0.1, -0.05) is 18.2 Å². The van der Waals surface area contributed by atoms with E-state index in [0.29, 0.717) is 16.7 Å². The fourth-order valence-corrected chi connectivity index (χ4v) is 2.24. The third kappa shape index (κ3) is 2.07. The van der Waals surface area contributed by atoms with E-state index in [9.17, 15) is 9.18 Å². The van der Waals surface area contributed by atoms with Crippen molar-refractivity contribution in [2.75, 3.05) is 0 Å². The number of fused-ring (bicyclic) bond motifs is 1. The van der Waals surface area contributed by atoms with Crippen LogP contribution in [0.25, 0.3) is 10.9 Å². The summed E-state index contributed by atoms with van der Waals surface area (Å²) in [6.07, 6.45) is 1.69. The van der Waals surface area contributed by atoms with E-state index in [2.05, 4.69) is 4.98 Å². The topological polar surface area (TPSA) is 30.0 Å². The summed E-state index contributed by atoms with van der Waals surface area (Å²) >= 11 is 0. The van der Waals surface area contributed by atoms with Crippen LogP contribution in [0.15, 0.2) is 54.7 Å². The molecular formula is C17H12FNO. The van der Waals surface area contributed by atoms with Gasteiger partial charge in [0.1, 0.15) is 5.82 Å². The van der Waals surface area contributed by atoms with Gasteiger partial charge in [0.25, 0.3) is 0 Å². The maximum atomic E-state index is 13.3. The molecule has 2 nitrogen and oxygen atoms in total. The molecule has 0 fully saturated rings. The van der Waals surface area contributed by atoms with Gasteiger partial charge in [0.05, 0.1) is 5.52 Å². The van der Waals surface area contributed by atoms with Crippen molar-refractivity contribution in [3.8, 4) is 0 Å². The average Bonchev–Trinajstić information content (AvgIpc) is 2.49. The summed E-state index contributed by atoms with van der Waals surface area (Å²) in [5.74, 6) is -0.423. The molecule has 0 aliphatic carbocycles. The van der Waals surface area contributed by atoms with Crippen LogP contribution >= 0.6 is 0 Å². The molecule has 3 aromatic rings. The number of carbonyl (C=O) groups excluding carboxylic acids is 1. The van der Waals surface area contributed by atoms with Gasteiger partial charge >= 0.3 is 0 Å².